The fraction of sp³-hybridized carbons (Fsp3) is 0.550. The first-order valence-electron chi connectivity index (χ1n) is 9.62. The van der Waals surface area contributed by atoms with E-state index in [2.05, 4.69) is 5.32 Å². The number of methoxy groups -OCH3 is 1. The van der Waals surface area contributed by atoms with Crippen LogP contribution in [-0.2, 0) is 25.5 Å². The molecule has 9 heteroatoms. The smallest absolute Gasteiger partial charge is 0.328 e. The molecular formula is C20H31N3O6. The number of hydrogen-bond acceptors (Lipinski definition) is 6. The molecule has 0 bridgehead atoms. The molecule has 9 nitrogen and oxygen atoms in total. The van der Waals surface area contributed by atoms with Gasteiger partial charge in [0.05, 0.1) is 20.3 Å². The molecule has 0 unspecified atom stereocenters. The van der Waals surface area contributed by atoms with Crippen molar-refractivity contribution in [3.05, 3.63) is 35.9 Å². The van der Waals surface area contributed by atoms with Crippen molar-refractivity contribution < 1.29 is 29.0 Å². The van der Waals surface area contributed by atoms with Crippen molar-refractivity contribution in [1.82, 2.24) is 10.2 Å². The third kappa shape index (κ3) is 9.40. The molecule has 0 aromatic heterocycles. The third-order valence-corrected chi connectivity index (χ3v) is 4.28. The van der Waals surface area contributed by atoms with Crippen molar-refractivity contribution in [2.45, 2.75) is 38.3 Å². The zero-order valence-electron chi connectivity index (χ0n) is 17.0. The number of esters is 1. The zero-order valence-corrected chi connectivity index (χ0v) is 17.0. The van der Waals surface area contributed by atoms with E-state index >= 15 is 0 Å². The number of ether oxygens (including phenoxy) is 2. The zero-order chi connectivity index (χ0) is 21.6. The number of nitrogens with zero attached hydrogens (tertiary/aromatic N) is 1. The van der Waals surface area contributed by atoms with Crippen LogP contribution in [0, 0.1) is 0 Å². The average molecular weight is 409 g/mol. The van der Waals surface area contributed by atoms with Crippen LogP contribution in [0.15, 0.2) is 30.3 Å². The summed E-state index contributed by atoms with van der Waals surface area (Å²) in [4.78, 5) is 35.6. The molecule has 1 fully saturated rings. The van der Waals surface area contributed by atoms with Crippen molar-refractivity contribution in [3.63, 3.8) is 0 Å². The van der Waals surface area contributed by atoms with Gasteiger partial charge in [-0.2, -0.15) is 0 Å². The number of morpholine rings is 1. The van der Waals surface area contributed by atoms with Gasteiger partial charge in [-0.25, -0.2) is 9.59 Å². The number of carbonyl (C=O) groups is 3. The van der Waals surface area contributed by atoms with Gasteiger partial charge in [-0.15, -0.1) is 0 Å². The fourth-order valence-electron chi connectivity index (χ4n) is 2.63. The largest absolute Gasteiger partial charge is 0.480 e. The summed E-state index contributed by atoms with van der Waals surface area (Å²) in [5, 5.41) is 10.9. The van der Waals surface area contributed by atoms with Crippen LogP contribution in [0.3, 0.4) is 0 Å². The summed E-state index contributed by atoms with van der Waals surface area (Å²) >= 11 is 0. The lowest BCUT2D eigenvalue weighted by Crippen LogP contribution is -2.52. The second-order valence-electron chi connectivity index (χ2n) is 6.55. The molecule has 0 saturated carbocycles. The average Bonchev–Trinajstić information content (AvgIpc) is 2.74. The minimum Gasteiger partial charge on any atom is -0.480 e. The lowest BCUT2D eigenvalue weighted by molar-refractivity contribution is -0.143. The predicted molar refractivity (Wildman–Crippen MR) is 107 cm³/mol. The van der Waals surface area contributed by atoms with Gasteiger partial charge in [0.1, 0.15) is 12.1 Å². The van der Waals surface area contributed by atoms with Crippen molar-refractivity contribution in [1.29, 1.82) is 0 Å². The van der Waals surface area contributed by atoms with Crippen molar-refractivity contribution in [3.8, 4) is 0 Å². The quantitative estimate of drug-likeness (QED) is 0.573. The molecule has 162 valence electrons. The Morgan fingerprint density at radius 2 is 1.86 bits per heavy atom. The number of benzene rings is 1. The van der Waals surface area contributed by atoms with Gasteiger partial charge in [0.2, 0.25) is 0 Å². The SMILES string of the molecule is CCC[C@H](N)C(=O)O.COC(=O)[C@H](Cc1ccccc1)NC(=O)N1CCOCC1. The maximum atomic E-state index is 12.2. The molecule has 0 aliphatic carbocycles. The second-order valence-corrected chi connectivity index (χ2v) is 6.55. The Bertz CT molecular complexity index is 634. The van der Waals surface area contributed by atoms with Gasteiger partial charge in [0, 0.05) is 19.5 Å². The van der Waals surface area contributed by atoms with E-state index in [1.807, 2.05) is 37.3 Å². The van der Waals surface area contributed by atoms with E-state index < -0.39 is 24.0 Å². The first kappa shape index (κ1) is 24.4. The summed E-state index contributed by atoms with van der Waals surface area (Å²) in [5.41, 5.74) is 6.10. The van der Waals surface area contributed by atoms with E-state index in [-0.39, 0.29) is 6.03 Å². The van der Waals surface area contributed by atoms with Gasteiger partial charge in [-0.3, -0.25) is 4.79 Å². The number of nitrogens with one attached hydrogen (secondary N) is 1. The third-order valence-electron chi connectivity index (χ3n) is 4.28. The number of rotatable bonds is 7. The van der Waals surface area contributed by atoms with Crippen LogP contribution in [-0.4, -0.2) is 73.5 Å². The molecule has 1 aromatic rings. The van der Waals surface area contributed by atoms with Crippen molar-refractivity contribution >= 4 is 18.0 Å². The minimum absolute atomic E-state index is 0.260. The second kappa shape index (κ2) is 13.5. The van der Waals surface area contributed by atoms with Gasteiger partial charge in [-0.05, 0) is 12.0 Å². The number of carboxylic acids is 1. The van der Waals surface area contributed by atoms with E-state index in [0.717, 1.165) is 12.0 Å². The molecule has 2 atom stereocenters. The number of carbonyl (C=O) groups excluding carboxylic acids is 2. The van der Waals surface area contributed by atoms with Crippen LogP contribution in [0.25, 0.3) is 0 Å². The predicted octanol–water partition coefficient (Wildman–Crippen LogP) is 1.01. The van der Waals surface area contributed by atoms with Crippen LogP contribution in [0.2, 0.25) is 0 Å². The molecule has 2 rings (SSSR count). The van der Waals surface area contributed by atoms with Crippen molar-refractivity contribution in [2.75, 3.05) is 33.4 Å². The molecule has 2 amide bonds. The summed E-state index contributed by atoms with van der Waals surface area (Å²) in [5.74, 6) is -1.35. The van der Waals surface area contributed by atoms with Crippen LogP contribution >= 0.6 is 0 Å². The molecule has 1 heterocycles. The number of hydrogen-bond donors (Lipinski definition) is 3. The van der Waals surface area contributed by atoms with E-state index in [9.17, 15) is 14.4 Å². The molecule has 0 radical (unpaired) electrons. The molecule has 1 aromatic carbocycles. The Hall–Kier alpha value is -2.65. The van der Waals surface area contributed by atoms with Gasteiger partial charge in [-0.1, -0.05) is 43.7 Å². The highest BCUT2D eigenvalue weighted by atomic mass is 16.5. The van der Waals surface area contributed by atoms with Crippen LogP contribution in [0.5, 0.6) is 0 Å². The summed E-state index contributed by atoms with van der Waals surface area (Å²) in [7, 11) is 1.32. The molecule has 1 aliphatic heterocycles. The topological polar surface area (TPSA) is 131 Å². The van der Waals surface area contributed by atoms with E-state index in [1.54, 1.807) is 4.90 Å². The lowest BCUT2D eigenvalue weighted by atomic mass is 10.1. The van der Waals surface area contributed by atoms with Gasteiger partial charge < -0.3 is 30.5 Å². The first-order valence-corrected chi connectivity index (χ1v) is 9.62. The molecule has 29 heavy (non-hydrogen) atoms. The Morgan fingerprint density at radius 1 is 1.24 bits per heavy atom. The normalized spacial score (nSPS) is 15.3. The monoisotopic (exact) mass is 409 g/mol. The summed E-state index contributed by atoms with van der Waals surface area (Å²) in [6.07, 6.45) is 1.80. The fourth-order valence-corrected chi connectivity index (χ4v) is 2.63. The number of aliphatic carboxylic acids is 1. The summed E-state index contributed by atoms with van der Waals surface area (Å²) < 4.78 is 9.98. The molecule has 4 N–H and O–H groups in total. The number of nitrogens with two attached hydrogens (primary N) is 1. The minimum atomic E-state index is -0.910. The Kier molecular flexibility index (Phi) is 11.4. The van der Waals surface area contributed by atoms with Crippen LogP contribution in [0.1, 0.15) is 25.3 Å². The summed E-state index contributed by atoms with van der Waals surface area (Å²) in [6, 6.07) is 7.91. The molecular weight excluding hydrogens is 378 g/mol. The Morgan fingerprint density at radius 3 is 2.34 bits per heavy atom. The first-order chi connectivity index (χ1) is 13.9. The van der Waals surface area contributed by atoms with Crippen LogP contribution < -0.4 is 11.1 Å². The van der Waals surface area contributed by atoms with Crippen LogP contribution in [0.4, 0.5) is 4.79 Å². The van der Waals surface area contributed by atoms with Gasteiger partial charge >= 0.3 is 18.0 Å². The Balaban J connectivity index is 0.000000447. The van der Waals surface area contributed by atoms with Crippen molar-refractivity contribution in [2.24, 2.45) is 5.73 Å². The highest BCUT2D eigenvalue weighted by Crippen LogP contribution is 2.06. The number of urea groups is 1. The standard InChI is InChI=1S/C15H20N2O4.C5H11NO2/c1-20-14(18)13(11-12-5-3-2-4-6-12)16-15(19)17-7-9-21-10-8-17;1-2-3-4(6)5(7)8/h2-6,13H,7-11H2,1H3,(H,16,19);4H,2-3,6H2,1H3,(H,7,8)/t13-;4-/m00/s1. The molecule has 1 aliphatic rings. The van der Waals surface area contributed by atoms with E-state index in [1.165, 1.54) is 7.11 Å². The highest BCUT2D eigenvalue weighted by Gasteiger charge is 2.25. The van der Waals surface area contributed by atoms with E-state index in [4.69, 9.17) is 20.3 Å². The number of amides is 2. The van der Waals surface area contributed by atoms with Gasteiger partial charge in [0.25, 0.3) is 0 Å². The lowest BCUT2D eigenvalue weighted by Gasteiger charge is -2.28. The maximum Gasteiger partial charge on any atom is 0.328 e. The molecule has 0 spiro atoms. The van der Waals surface area contributed by atoms with E-state index in [0.29, 0.717) is 39.1 Å². The molecule has 1 saturated heterocycles. The van der Waals surface area contributed by atoms with Gasteiger partial charge in [0.15, 0.2) is 0 Å². The maximum absolute atomic E-state index is 12.2. The highest BCUT2D eigenvalue weighted by molar-refractivity contribution is 5.83. The summed E-state index contributed by atoms with van der Waals surface area (Å²) in [6.45, 7) is 4.02. The Labute approximate surface area is 171 Å². The number of carboxylic acid groups (broad SMARTS) is 1.